The predicted octanol–water partition coefficient (Wildman–Crippen LogP) is 4.42. The van der Waals surface area contributed by atoms with Crippen molar-refractivity contribution in [3.8, 4) is 5.75 Å². The van der Waals surface area contributed by atoms with Crippen molar-refractivity contribution < 1.29 is 26.4 Å². The van der Waals surface area contributed by atoms with Crippen LogP contribution in [0.5, 0.6) is 5.75 Å². The minimum absolute atomic E-state index is 0.0332. The minimum Gasteiger partial charge on any atom is -0.494 e. The van der Waals surface area contributed by atoms with Crippen LogP contribution in [0.15, 0.2) is 107 Å². The summed E-state index contributed by atoms with van der Waals surface area (Å²) in [7, 11) is -8.00. The largest absolute Gasteiger partial charge is 0.494 e. The van der Waals surface area contributed by atoms with Gasteiger partial charge in [0.1, 0.15) is 18.1 Å². The molecule has 1 amide bonds. The van der Waals surface area contributed by atoms with E-state index in [2.05, 4.69) is 15.0 Å². The molecule has 0 unspecified atom stereocenters. The second-order valence-corrected chi connectivity index (χ2v) is 12.2. The lowest BCUT2D eigenvalue weighted by Crippen LogP contribution is -2.38. The maximum absolute atomic E-state index is 13.6. The van der Waals surface area contributed by atoms with Gasteiger partial charge in [-0.1, -0.05) is 23.8 Å². The topological polar surface area (TPSA) is 135 Å². The summed E-state index contributed by atoms with van der Waals surface area (Å²) in [6.07, 6.45) is 1.46. The zero-order chi connectivity index (χ0) is 28.8. The Hall–Kier alpha value is -4.42. The van der Waals surface area contributed by atoms with Crippen molar-refractivity contribution in [3.63, 3.8) is 0 Å². The van der Waals surface area contributed by atoms with Gasteiger partial charge in [-0.15, -0.1) is 0 Å². The Labute approximate surface area is 233 Å². The van der Waals surface area contributed by atoms with Crippen molar-refractivity contribution in [2.24, 2.45) is 0 Å². The van der Waals surface area contributed by atoms with E-state index in [1.807, 2.05) is 13.8 Å². The number of nitrogens with one attached hydrogen (secondary N) is 2. The average Bonchev–Trinajstić information content (AvgIpc) is 2.93. The summed E-state index contributed by atoms with van der Waals surface area (Å²) < 4.78 is 61.3. The van der Waals surface area contributed by atoms with E-state index in [0.717, 1.165) is 9.87 Å². The maximum atomic E-state index is 13.6. The smallest absolute Gasteiger partial charge is 0.264 e. The number of benzene rings is 3. The van der Waals surface area contributed by atoms with Gasteiger partial charge in [-0.3, -0.25) is 13.8 Å². The van der Waals surface area contributed by atoms with E-state index >= 15 is 0 Å². The number of hydrogen-bond donors (Lipinski definition) is 2. The van der Waals surface area contributed by atoms with E-state index in [1.165, 1.54) is 48.7 Å². The van der Waals surface area contributed by atoms with Gasteiger partial charge in [0, 0.05) is 11.9 Å². The average molecular weight is 581 g/mol. The van der Waals surface area contributed by atoms with E-state index in [0.29, 0.717) is 18.0 Å². The SMILES string of the molecule is CCOc1ccc(N(CC(=O)Nc2ccc(S(=O)(=O)Nc3ccccn3)cc2)S(=O)(=O)c2ccc(C)cc2)cc1. The van der Waals surface area contributed by atoms with E-state index in [-0.39, 0.29) is 21.3 Å². The highest BCUT2D eigenvalue weighted by atomic mass is 32.2. The fraction of sp³-hybridized carbons (Fsp3) is 0.143. The van der Waals surface area contributed by atoms with Crippen LogP contribution in [0.4, 0.5) is 17.2 Å². The highest BCUT2D eigenvalue weighted by molar-refractivity contribution is 7.93. The molecular formula is C28H28N4O6S2. The van der Waals surface area contributed by atoms with Gasteiger partial charge >= 0.3 is 0 Å². The molecule has 0 atom stereocenters. The zero-order valence-corrected chi connectivity index (χ0v) is 23.4. The number of nitrogens with zero attached hydrogens (tertiary/aromatic N) is 2. The molecule has 4 rings (SSSR count). The number of sulfonamides is 2. The van der Waals surface area contributed by atoms with Gasteiger partial charge in [-0.05, 0) is 86.6 Å². The first-order valence-electron chi connectivity index (χ1n) is 12.2. The quantitative estimate of drug-likeness (QED) is 0.268. The Morgan fingerprint density at radius 3 is 2.10 bits per heavy atom. The second-order valence-electron chi connectivity index (χ2n) is 8.64. The van der Waals surface area contributed by atoms with E-state index < -0.39 is 32.5 Å². The molecule has 1 aromatic heterocycles. The normalized spacial score (nSPS) is 11.4. The van der Waals surface area contributed by atoms with Crippen LogP contribution in [0.1, 0.15) is 12.5 Å². The number of carbonyl (C=O) groups excluding carboxylic acids is 1. The van der Waals surface area contributed by atoms with Gasteiger partial charge in [0.2, 0.25) is 5.91 Å². The van der Waals surface area contributed by atoms with Crippen molar-refractivity contribution in [1.29, 1.82) is 0 Å². The fourth-order valence-electron chi connectivity index (χ4n) is 3.70. The summed E-state index contributed by atoms with van der Waals surface area (Å²) in [5.74, 6) is 0.117. The summed E-state index contributed by atoms with van der Waals surface area (Å²) in [6.45, 7) is 3.61. The van der Waals surface area contributed by atoms with Gasteiger partial charge in [0.25, 0.3) is 20.0 Å². The number of pyridine rings is 1. The van der Waals surface area contributed by atoms with Gasteiger partial charge in [-0.2, -0.15) is 0 Å². The van der Waals surface area contributed by atoms with E-state index in [4.69, 9.17) is 4.74 Å². The third kappa shape index (κ3) is 6.96. The van der Waals surface area contributed by atoms with Crippen molar-refractivity contribution >= 4 is 43.1 Å². The zero-order valence-electron chi connectivity index (χ0n) is 21.8. The van der Waals surface area contributed by atoms with Crippen molar-refractivity contribution in [2.75, 3.05) is 27.5 Å². The number of aryl methyl sites for hydroxylation is 1. The number of carbonyl (C=O) groups is 1. The maximum Gasteiger partial charge on any atom is 0.264 e. The molecule has 0 aliphatic heterocycles. The molecule has 12 heteroatoms. The molecule has 0 spiro atoms. The first-order valence-corrected chi connectivity index (χ1v) is 15.2. The van der Waals surface area contributed by atoms with Crippen LogP contribution in [-0.2, 0) is 24.8 Å². The third-order valence-corrected chi connectivity index (χ3v) is 8.84. The Kier molecular flexibility index (Phi) is 8.70. The third-order valence-electron chi connectivity index (χ3n) is 5.68. The summed E-state index contributed by atoms with van der Waals surface area (Å²) in [6, 6.07) is 23.1. The molecule has 4 aromatic rings. The highest BCUT2D eigenvalue weighted by Gasteiger charge is 2.27. The highest BCUT2D eigenvalue weighted by Crippen LogP contribution is 2.26. The van der Waals surface area contributed by atoms with E-state index in [1.54, 1.807) is 48.5 Å². The number of rotatable bonds is 11. The van der Waals surface area contributed by atoms with Crippen LogP contribution in [0.25, 0.3) is 0 Å². The molecule has 3 aromatic carbocycles. The number of amides is 1. The molecule has 0 fully saturated rings. The fourth-order valence-corrected chi connectivity index (χ4v) is 6.13. The lowest BCUT2D eigenvalue weighted by molar-refractivity contribution is -0.114. The van der Waals surface area contributed by atoms with Crippen LogP contribution in [0.2, 0.25) is 0 Å². The monoisotopic (exact) mass is 580 g/mol. The molecule has 0 saturated heterocycles. The summed E-state index contributed by atoms with van der Waals surface area (Å²) in [5.41, 5.74) is 1.47. The molecule has 208 valence electrons. The van der Waals surface area contributed by atoms with Crippen LogP contribution >= 0.6 is 0 Å². The van der Waals surface area contributed by atoms with Crippen LogP contribution in [0.3, 0.4) is 0 Å². The number of aromatic nitrogens is 1. The molecule has 40 heavy (non-hydrogen) atoms. The summed E-state index contributed by atoms with van der Waals surface area (Å²) in [4.78, 5) is 17.0. The molecule has 0 bridgehead atoms. The Bertz CT molecular complexity index is 1660. The summed E-state index contributed by atoms with van der Waals surface area (Å²) >= 11 is 0. The van der Waals surface area contributed by atoms with Crippen LogP contribution in [-0.4, -0.2) is 40.9 Å². The van der Waals surface area contributed by atoms with Crippen molar-refractivity contribution in [1.82, 2.24) is 4.98 Å². The lowest BCUT2D eigenvalue weighted by Gasteiger charge is -2.24. The Morgan fingerprint density at radius 1 is 0.850 bits per heavy atom. The predicted molar refractivity (Wildman–Crippen MR) is 153 cm³/mol. The van der Waals surface area contributed by atoms with Crippen molar-refractivity contribution in [2.45, 2.75) is 23.6 Å². The Balaban J connectivity index is 1.54. The number of ether oxygens (including phenoxy) is 1. The summed E-state index contributed by atoms with van der Waals surface area (Å²) in [5, 5.41) is 2.64. The molecule has 0 radical (unpaired) electrons. The molecule has 0 aliphatic carbocycles. The van der Waals surface area contributed by atoms with Gasteiger partial charge < -0.3 is 10.1 Å². The number of anilines is 3. The van der Waals surface area contributed by atoms with Crippen LogP contribution in [0, 0.1) is 6.92 Å². The van der Waals surface area contributed by atoms with Gasteiger partial charge in [0.05, 0.1) is 22.1 Å². The van der Waals surface area contributed by atoms with E-state index in [9.17, 15) is 21.6 Å². The molecule has 0 aliphatic rings. The molecule has 2 N–H and O–H groups in total. The molecular weight excluding hydrogens is 552 g/mol. The van der Waals surface area contributed by atoms with Crippen molar-refractivity contribution in [3.05, 3.63) is 103 Å². The second kappa shape index (κ2) is 12.2. The Morgan fingerprint density at radius 2 is 1.50 bits per heavy atom. The van der Waals surface area contributed by atoms with Gasteiger partial charge in [-0.25, -0.2) is 21.8 Å². The lowest BCUT2D eigenvalue weighted by atomic mass is 10.2. The number of hydrogen-bond acceptors (Lipinski definition) is 7. The van der Waals surface area contributed by atoms with Crippen LogP contribution < -0.4 is 19.1 Å². The van der Waals surface area contributed by atoms with Gasteiger partial charge in [0.15, 0.2) is 0 Å². The molecule has 0 saturated carbocycles. The first-order chi connectivity index (χ1) is 19.1. The molecule has 1 heterocycles. The first kappa shape index (κ1) is 28.6. The standard InChI is InChI=1S/C28H28N4O6S2/c1-3-38-24-13-11-23(12-14-24)32(40(36,37)26-15-7-21(2)8-16-26)20-28(33)30-22-9-17-25(18-10-22)39(34,35)31-27-6-4-5-19-29-27/h4-19H,3,20H2,1-2H3,(H,29,31)(H,30,33). The molecule has 10 nitrogen and oxygen atoms in total. The minimum atomic E-state index is -4.10.